The number of halogens is 2. The summed E-state index contributed by atoms with van der Waals surface area (Å²) in [7, 11) is 0. The standard InChI is InChI=1S/C13H13Br2NO3S/c1-4-18-12(17)13(2,3)9-6-20-11(16-9)8-5-7(14)10(15)19-8/h5-6H,4H2,1-3H3. The Bertz CT molecular complexity index is 614. The number of esters is 1. The zero-order valence-electron chi connectivity index (χ0n) is 11.2. The molecule has 0 radical (unpaired) electrons. The molecule has 0 saturated heterocycles. The molecule has 2 heterocycles. The number of carbonyl (C=O) groups excluding carboxylic acids is 1. The van der Waals surface area contributed by atoms with Crippen molar-refractivity contribution < 1.29 is 13.9 Å². The number of ether oxygens (including phenoxy) is 1. The summed E-state index contributed by atoms with van der Waals surface area (Å²) in [6, 6.07) is 1.84. The van der Waals surface area contributed by atoms with Gasteiger partial charge in [-0.3, -0.25) is 4.79 Å². The van der Waals surface area contributed by atoms with Crippen LogP contribution in [-0.4, -0.2) is 17.6 Å². The van der Waals surface area contributed by atoms with Gasteiger partial charge in [0.15, 0.2) is 15.4 Å². The average Bonchev–Trinajstić information content (AvgIpc) is 2.98. The van der Waals surface area contributed by atoms with Gasteiger partial charge in [0.1, 0.15) is 5.41 Å². The highest BCUT2D eigenvalue weighted by atomic mass is 79.9. The Morgan fingerprint density at radius 2 is 2.20 bits per heavy atom. The van der Waals surface area contributed by atoms with Crippen LogP contribution in [0.4, 0.5) is 0 Å². The summed E-state index contributed by atoms with van der Waals surface area (Å²) in [5.41, 5.74) is -0.0918. The third kappa shape index (κ3) is 2.99. The highest BCUT2D eigenvalue weighted by molar-refractivity contribution is 9.13. The monoisotopic (exact) mass is 421 g/mol. The lowest BCUT2D eigenvalue weighted by molar-refractivity contribution is -0.148. The average molecular weight is 423 g/mol. The minimum absolute atomic E-state index is 0.279. The lowest BCUT2D eigenvalue weighted by Crippen LogP contribution is -2.31. The van der Waals surface area contributed by atoms with E-state index in [0.717, 1.165) is 9.48 Å². The van der Waals surface area contributed by atoms with Gasteiger partial charge in [-0.25, -0.2) is 4.98 Å². The molecule has 0 aromatic carbocycles. The molecule has 0 spiro atoms. The van der Waals surface area contributed by atoms with E-state index < -0.39 is 5.41 Å². The van der Waals surface area contributed by atoms with Crippen molar-refractivity contribution in [2.75, 3.05) is 6.61 Å². The van der Waals surface area contributed by atoms with E-state index in [4.69, 9.17) is 9.15 Å². The third-order valence-corrected chi connectivity index (χ3v) is 5.35. The van der Waals surface area contributed by atoms with Gasteiger partial charge in [0, 0.05) is 11.4 Å². The molecule has 20 heavy (non-hydrogen) atoms. The van der Waals surface area contributed by atoms with E-state index in [2.05, 4.69) is 36.8 Å². The van der Waals surface area contributed by atoms with Crippen LogP contribution in [0.5, 0.6) is 0 Å². The van der Waals surface area contributed by atoms with Crippen LogP contribution >= 0.6 is 43.2 Å². The van der Waals surface area contributed by atoms with Crippen LogP contribution in [0.2, 0.25) is 0 Å². The van der Waals surface area contributed by atoms with Crippen LogP contribution in [-0.2, 0) is 14.9 Å². The van der Waals surface area contributed by atoms with Gasteiger partial charge in [-0.15, -0.1) is 11.3 Å². The van der Waals surface area contributed by atoms with Crippen molar-refractivity contribution in [3.05, 3.63) is 26.3 Å². The first-order valence-electron chi connectivity index (χ1n) is 5.94. The van der Waals surface area contributed by atoms with Crippen molar-refractivity contribution in [2.24, 2.45) is 0 Å². The Labute approximate surface area is 137 Å². The summed E-state index contributed by atoms with van der Waals surface area (Å²) >= 11 is 8.09. The topological polar surface area (TPSA) is 52.3 Å². The molecular weight excluding hydrogens is 410 g/mol. The fourth-order valence-corrected chi connectivity index (χ4v) is 3.06. The summed E-state index contributed by atoms with van der Waals surface area (Å²) in [4.78, 5) is 16.5. The summed E-state index contributed by atoms with van der Waals surface area (Å²) in [5.74, 6) is 0.373. The first kappa shape index (κ1) is 15.7. The molecule has 0 fully saturated rings. The van der Waals surface area contributed by atoms with Crippen molar-refractivity contribution in [3.8, 4) is 10.8 Å². The van der Waals surface area contributed by atoms with Crippen LogP contribution in [0.3, 0.4) is 0 Å². The van der Waals surface area contributed by atoms with Crippen molar-refractivity contribution in [1.82, 2.24) is 4.98 Å². The minimum Gasteiger partial charge on any atom is -0.465 e. The SMILES string of the molecule is CCOC(=O)C(C)(C)c1csc(-c2cc(Br)c(Br)o2)n1. The molecule has 0 aliphatic heterocycles. The van der Waals surface area contributed by atoms with Gasteiger partial charge in [0.05, 0.1) is 16.8 Å². The molecule has 0 atom stereocenters. The number of hydrogen-bond acceptors (Lipinski definition) is 5. The summed E-state index contributed by atoms with van der Waals surface area (Å²) in [6.45, 7) is 5.76. The summed E-state index contributed by atoms with van der Waals surface area (Å²) in [6.07, 6.45) is 0. The fourth-order valence-electron chi connectivity index (χ4n) is 1.54. The number of furan rings is 1. The molecule has 0 bridgehead atoms. The van der Waals surface area contributed by atoms with Gasteiger partial charge >= 0.3 is 5.97 Å². The van der Waals surface area contributed by atoms with Gasteiger partial charge < -0.3 is 9.15 Å². The van der Waals surface area contributed by atoms with Gasteiger partial charge in [0.25, 0.3) is 0 Å². The normalized spacial score (nSPS) is 11.7. The minimum atomic E-state index is -0.772. The number of aromatic nitrogens is 1. The molecule has 2 rings (SSSR count). The maximum Gasteiger partial charge on any atom is 0.317 e. The first-order valence-corrected chi connectivity index (χ1v) is 8.41. The highest BCUT2D eigenvalue weighted by Crippen LogP contribution is 2.36. The first-order chi connectivity index (χ1) is 9.36. The molecule has 0 unspecified atom stereocenters. The third-order valence-electron chi connectivity index (χ3n) is 2.79. The van der Waals surface area contributed by atoms with E-state index >= 15 is 0 Å². The Hall–Kier alpha value is -0.660. The zero-order valence-corrected chi connectivity index (χ0v) is 15.2. The van der Waals surface area contributed by atoms with Gasteiger partial charge in [-0.05, 0) is 52.6 Å². The van der Waals surface area contributed by atoms with Gasteiger partial charge in [-0.2, -0.15) is 0 Å². The lowest BCUT2D eigenvalue weighted by atomic mass is 9.90. The van der Waals surface area contributed by atoms with E-state index in [1.165, 1.54) is 11.3 Å². The molecule has 0 aliphatic rings. The molecule has 0 aliphatic carbocycles. The molecule has 108 valence electrons. The fraction of sp³-hybridized carbons (Fsp3) is 0.385. The Morgan fingerprint density at radius 1 is 1.50 bits per heavy atom. The van der Waals surface area contributed by atoms with Crippen molar-refractivity contribution in [1.29, 1.82) is 0 Å². The summed E-state index contributed by atoms with van der Waals surface area (Å²) < 4.78 is 12.1. The number of nitrogens with zero attached hydrogens (tertiary/aromatic N) is 1. The number of thiazole rings is 1. The zero-order chi connectivity index (χ0) is 14.9. The van der Waals surface area contributed by atoms with Gasteiger partial charge in [0.2, 0.25) is 0 Å². The largest absolute Gasteiger partial charge is 0.465 e. The second-order valence-corrected chi connectivity index (χ2v) is 7.05. The molecule has 2 aromatic rings. The van der Waals surface area contributed by atoms with E-state index in [0.29, 0.717) is 22.7 Å². The maximum atomic E-state index is 12.0. The molecule has 4 nitrogen and oxygen atoms in total. The van der Waals surface area contributed by atoms with E-state index in [1.54, 1.807) is 20.8 Å². The van der Waals surface area contributed by atoms with Crippen LogP contribution in [0.1, 0.15) is 26.5 Å². The highest BCUT2D eigenvalue weighted by Gasteiger charge is 2.34. The van der Waals surface area contributed by atoms with E-state index in [-0.39, 0.29) is 5.97 Å². The van der Waals surface area contributed by atoms with Crippen LogP contribution in [0.25, 0.3) is 10.8 Å². The van der Waals surface area contributed by atoms with E-state index in [1.807, 2.05) is 11.4 Å². The maximum absolute atomic E-state index is 12.0. The molecular formula is C13H13Br2NO3S. The molecule has 0 saturated carbocycles. The molecule has 7 heteroatoms. The molecule has 0 amide bonds. The second-order valence-electron chi connectivity index (χ2n) is 4.62. The molecule has 2 aromatic heterocycles. The number of carbonyl (C=O) groups is 1. The van der Waals surface area contributed by atoms with Crippen molar-refractivity contribution >= 4 is 49.2 Å². The number of hydrogen-bond donors (Lipinski definition) is 0. The van der Waals surface area contributed by atoms with Crippen LogP contribution < -0.4 is 0 Å². The second kappa shape index (κ2) is 5.99. The molecule has 0 N–H and O–H groups in total. The quantitative estimate of drug-likeness (QED) is 0.666. The Morgan fingerprint density at radius 3 is 2.75 bits per heavy atom. The van der Waals surface area contributed by atoms with Gasteiger partial charge in [-0.1, -0.05) is 0 Å². The predicted octanol–water partition coefficient (Wildman–Crippen LogP) is 4.77. The van der Waals surface area contributed by atoms with Crippen molar-refractivity contribution in [3.63, 3.8) is 0 Å². The van der Waals surface area contributed by atoms with Crippen molar-refractivity contribution in [2.45, 2.75) is 26.2 Å². The number of rotatable bonds is 4. The van der Waals surface area contributed by atoms with Crippen LogP contribution in [0, 0.1) is 0 Å². The smallest absolute Gasteiger partial charge is 0.317 e. The predicted molar refractivity (Wildman–Crippen MR) is 84.9 cm³/mol. The van der Waals surface area contributed by atoms with Crippen LogP contribution in [0.15, 0.2) is 25.0 Å². The Kier molecular flexibility index (Phi) is 4.71. The lowest BCUT2D eigenvalue weighted by Gasteiger charge is -2.19. The Balaban J connectivity index is 2.31. The van der Waals surface area contributed by atoms with E-state index in [9.17, 15) is 4.79 Å². The summed E-state index contributed by atoms with van der Waals surface area (Å²) in [5, 5.41) is 2.58.